The number of rotatable bonds is 6. The van der Waals surface area contributed by atoms with Crippen LogP contribution in [0, 0.1) is 0 Å². The van der Waals surface area contributed by atoms with Crippen molar-refractivity contribution in [2.24, 2.45) is 0 Å². The van der Waals surface area contributed by atoms with E-state index in [-0.39, 0.29) is 12.0 Å². The average Bonchev–Trinajstić information content (AvgIpc) is 2.31. The molecule has 0 fully saturated rings. The molecule has 1 aromatic heterocycles. The molecule has 4 nitrogen and oxygen atoms in total. The number of carbonyl (C=O) groups is 1. The molecule has 0 aliphatic heterocycles. The fourth-order valence-corrected chi connectivity index (χ4v) is 1.75. The zero-order valence-corrected chi connectivity index (χ0v) is 10.7. The molecular formula is C13H20N2O2. The van der Waals surface area contributed by atoms with Crippen molar-refractivity contribution in [3.8, 4) is 0 Å². The Labute approximate surface area is 103 Å². The fraction of sp³-hybridized carbons (Fsp3) is 0.538. The summed E-state index contributed by atoms with van der Waals surface area (Å²) >= 11 is 0. The van der Waals surface area contributed by atoms with Crippen LogP contribution in [0.1, 0.15) is 26.0 Å². The number of esters is 1. The highest BCUT2D eigenvalue weighted by atomic mass is 16.5. The lowest BCUT2D eigenvalue weighted by atomic mass is 10.2. The molecule has 0 aromatic carbocycles. The van der Waals surface area contributed by atoms with Gasteiger partial charge >= 0.3 is 5.97 Å². The molecule has 0 aliphatic rings. The standard InChI is InChI=1S/C13H20N2O2/c1-4-12(13(16)17-5-2)15(3)10-11-8-6-7-9-14-11/h6-9,12H,4-5,10H2,1-3H3. The van der Waals surface area contributed by atoms with Gasteiger partial charge in [-0.05, 0) is 32.5 Å². The second-order valence-corrected chi connectivity index (χ2v) is 3.91. The number of aromatic nitrogens is 1. The Balaban J connectivity index is 2.60. The van der Waals surface area contributed by atoms with Crippen molar-refractivity contribution in [1.82, 2.24) is 9.88 Å². The highest BCUT2D eigenvalue weighted by molar-refractivity contribution is 5.75. The van der Waals surface area contributed by atoms with Gasteiger partial charge in [-0.1, -0.05) is 13.0 Å². The third-order valence-corrected chi connectivity index (χ3v) is 2.61. The molecule has 1 atom stereocenters. The summed E-state index contributed by atoms with van der Waals surface area (Å²) in [5.41, 5.74) is 0.956. The second kappa shape index (κ2) is 7.01. The third-order valence-electron chi connectivity index (χ3n) is 2.61. The van der Waals surface area contributed by atoms with Gasteiger partial charge in [-0.2, -0.15) is 0 Å². The van der Waals surface area contributed by atoms with Crippen LogP contribution in [0.5, 0.6) is 0 Å². The minimum atomic E-state index is -0.197. The summed E-state index contributed by atoms with van der Waals surface area (Å²) < 4.78 is 5.05. The summed E-state index contributed by atoms with van der Waals surface area (Å²) in [5, 5.41) is 0. The quantitative estimate of drug-likeness (QED) is 0.707. The zero-order valence-electron chi connectivity index (χ0n) is 10.7. The first-order valence-corrected chi connectivity index (χ1v) is 5.95. The van der Waals surface area contributed by atoms with E-state index in [0.717, 1.165) is 12.1 Å². The van der Waals surface area contributed by atoms with Crippen LogP contribution >= 0.6 is 0 Å². The second-order valence-electron chi connectivity index (χ2n) is 3.91. The van der Waals surface area contributed by atoms with Gasteiger partial charge in [0.1, 0.15) is 6.04 Å². The van der Waals surface area contributed by atoms with E-state index in [1.807, 2.05) is 44.0 Å². The normalized spacial score (nSPS) is 12.5. The van der Waals surface area contributed by atoms with Crippen molar-refractivity contribution < 1.29 is 9.53 Å². The first-order chi connectivity index (χ1) is 8.19. The third kappa shape index (κ3) is 4.15. The molecule has 0 saturated heterocycles. The Bertz CT molecular complexity index is 341. The lowest BCUT2D eigenvalue weighted by Gasteiger charge is -2.24. The van der Waals surface area contributed by atoms with E-state index in [0.29, 0.717) is 13.2 Å². The summed E-state index contributed by atoms with van der Waals surface area (Å²) in [6.45, 7) is 4.88. The van der Waals surface area contributed by atoms with Crippen molar-refractivity contribution in [3.63, 3.8) is 0 Å². The molecule has 0 radical (unpaired) electrons. The van der Waals surface area contributed by atoms with Crippen molar-refractivity contribution in [2.75, 3.05) is 13.7 Å². The number of hydrogen-bond acceptors (Lipinski definition) is 4. The molecule has 94 valence electrons. The molecule has 0 N–H and O–H groups in total. The Morgan fingerprint density at radius 3 is 2.76 bits per heavy atom. The first kappa shape index (κ1) is 13.6. The molecule has 0 aliphatic carbocycles. The van der Waals surface area contributed by atoms with Gasteiger partial charge in [0.15, 0.2) is 0 Å². The van der Waals surface area contributed by atoms with Crippen LogP contribution in [0.2, 0.25) is 0 Å². The summed E-state index contributed by atoms with van der Waals surface area (Å²) in [6, 6.07) is 5.58. The lowest BCUT2D eigenvalue weighted by Crippen LogP contribution is -2.38. The number of pyridine rings is 1. The molecule has 0 bridgehead atoms. The maximum absolute atomic E-state index is 11.7. The molecule has 0 spiro atoms. The van der Waals surface area contributed by atoms with Gasteiger partial charge in [0.2, 0.25) is 0 Å². The molecule has 1 aromatic rings. The highest BCUT2D eigenvalue weighted by Crippen LogP contribution is 2.08. The largest absolute Gasteiger partial charge is 0.465 e. The molecule has 1 heterocycles. The van der Waals surface area contributed by atoms with Gasteiger partial charge in [0, 0.05) is 12.7 Å². The van der Waals surface area contributed by atoms with Crippen molar-refractivity contribution in [1.29, 1.82) is 0 Å². The predicted octanol–water partition coefficient (Wildman–Crippen LogP) is 1.86. The highest BCUT2D eigenvalue weighted by Gasteiger charge is 2.22. The zero-order chi connectivity index (χ0) is 12.7. The van der Waals surface area contributed by atoms with Crippen LogP contribution in [-0.4, -0.2) is 35.5 Å². The van der Waals surface area contributed by atoms with E-state index in [9.17, 15) is 4.79 Å². The maximum atomic E-state index is 11.7. The number of carbonyl (C=O) groups excluding carboxylic acids is 1. The van der Waals surface area contributed by atoms with Gasteiger partial charge in [0.25, 0.3) is 0 Å². The van der Waals surface area contributed by atoms with Gasteiger partial charge in [-0.3, -0.25) is 14.7 Å². The molecular weight excluding hydrogens is 216 g/mol. The molecule has 0 saturated carbocycles. The van der Waals surface area contributed by atoms with E-state index in [4.69, 9.17) is 4.74 Å². The van der Waals surface area contributed by atoms with Crippen molar-refractivity contribution in [3.05, 3.63) is 30.1 Å². The van der Waals surface area contributed by atoms with Gasteiger partial charge in [-0.15, -0.1) is 0 Å². The Morgan fingerprint density at radius 1 is 1.47 bits per heavy atom. The predicted molar refractivity (Wildman–Crippen MR) is 66.4 cm³/mol. The van der Waals surface area contributed by atoms with E-state index in [2.05, 4.69) is 4.98 Å². The van der Waals surface area contributed by atoms with E-state index >= 15 is 0 Å². The van der Waals surface area contributed by atoms with Gasteiger partial charge in [-0.25, -0.2) is 0 Å². The van der Waals surface area contributed by atoms with Crippen LogP contribution in [0.3, 0.4) is 0 Å². The number of hydrogen-bond donors (Lipinski definition) is 0. The SMILES string of the molecule is CCOC(=O)C(CC)N(C)Cc1ccccn1. The van der Waals surface area contributed by atoms with Crippen LogP contribution in [0.15, 0.2) is 24.4 Å². The Kier molecular flexibility index (Phi) is 5.63. The minimum absolute atomic E-state index is 0.159. The number of ether oxygens (including phenoxy) is 1. The van der Waals surface area contributed by atoms with Crippen LogP contribution in [0.4, 0.5) is 0 Å². The van der Waals surface area contributed by atoms with Crippen molar-refractivity contribution in [2.45, 2.75) is 32.9 Å². The Morgan fingerprint density at radius 2 is 2.24 bits per heavy atom. The smallest absolute Gasteiger partial charge is 0.323 e. The first-order valence-electron chi connectivity index (χ1n) is 5.95. The van der Waals surface area contributed by atoms with E-state index in [1.54, 1.807) is 6.20 Å². The van der Waals surface area contributed by atoms with Gasteiger partial charge in [0.05, 0.1) is 12.3 Å². The lowest BCUT2D eigenvalue weighted by molar-refractivity contribution is -0.149. The molecule has 1 rings (SSSR count). The molecule has 0 amide bonds. The number of nitrogens with zero attached hydrogens (tertiary/aromatic N) is 2. The fourth-order valence-electron chi connectivity index (χ4n) is 1.75. The molecule has 1 unspecified atom stereocenters. The van der Waals surface area contributed by atoms with Gasteiger partial charge < -0.3 is 4.74 Å². The monoisotopic (exact) mass is 236 g/mol. The topological polar surface area (TPSA) is 42.4 Å². The van der Waals surface area contributed by atoms with E-state index in [1.165, 1.54) is 0 Å². The van der Waals surface area contributed by atoms with E-state index < -0.39 is 0 Å². The van der Waals surface area contributed by atoms with Crippen LogP contribution < -0.4 is 0 Å². The summed E-state index contributed by atoms with van der Waals surface area (Å²) in [7, 11) is 1.92. The van der Waals surface area contributed by atoms with Crippen LogP contribution in [0.25, 0.3) is 0 Å². The maximum Gasteiger partial charge on any atom is 0.323 e. The minimum Gasteiger partial charge on any atom is -0.465 e. The number of likely N-dealkylation sites (N-methyl/N-ethyl adjacent to an activating group) is 1. The molecule has 17 heavy (non-hydrogen) atoms. The summed E-state index contributed by atoms with van der Waals surface area (Å²) in [6.07, 6.45) is 2.50. The van der Waals surface area contributed by atoms with Crippen LogP contribution in [-0.2, 0) is 16.1 Å². The summed E-state index contributed by atoms with van der Waals surface area (Å²) in [4.78, 5) is 17.9. The van der Waals surface area contributed by atoms with Crippen molar-refractivity contribution >= 4 is 5.97 Å². The Hall–Kier alpha value is -1.42. The summed E-state index contributed by atoms with van der Waals surface area (Å²) in [5.74, 6) is -0.159. The average molecular weight is 236 g/mol. The molecule has 4 heteroatoms.